The van der Waals surface area contributed by atoms with Gasteiger partial charge in [-0.15, -0.1) is 0 Å². The summed E-state index contributed by atoms with van der Waals surface area (Å²) >= 11 is 0. The van der Waals surface area contributed by atoms with E-state index in [1.165, 1.54) is 12.8 Å². The first kappa shape index (κ1) is 10.4. The molecule has 2 fully saturated rings. The van der Waals surface area contributed by atoms with Crippen molar-refractivity contribution >= 4 is 0 Å². The Bertz CT molecular complexity index is 204. The summed E-state index contributed by atoms with van der Waals surface area (Å²) in [5.41, 5.74) is -0.354. The second kappa shape index (κ2) is 3.82. The predicted molar refractivity (Wildman–Crippen MR) is 56.1 cm³/mol. The highest BCUT2D eigenvalue weighted by Gasteiger charge is 2.59. The number of rotatable bonds is 4. The molecule has 1 saturated heterocycles. The van der Waals surface area contributed by atoms with E-state index in [-0.39, 0.29) is 5.60 Å². The van der Waals surface area contributed by atoms with Crippen molar-refractivity contribution in [1.29, 1.82) is 0 Å². The lowest BCUT2D eigenvalue weighted by Crippen LogP contribution is -2.31. The van der Waals surface area contributed by atoms with E-state index in [0.717, 1.165) is 25.9 Å². The molecule has 1 aliphatic heterocycles. The molecular weight excluding hydrogens is 176 g/mol. The van der Waals surface area contributed by atoms with Crippen LogP contribution in [-0.4, -0.2) is 23.4 Å². The molecule has 2 rings (SSSR count). The topological polar surface area (TPSA) is 29.5 Å². The zero-order chi connectivity index (χ0) is 10.2. The molecule has 0 amide bonds. The highest BCUT2D eigenvalue weighted by molar-refractivity contribution is 5.10. The molecule has 1 aliphatic carbocycles. The summed E-state index contributed by atoms with van der Waals surface area (Å²) in [6.45, 7) is 5.20. The SMILES string of the molecule is CCCC1CC1(O)C1CCOC1CC. The average molecular weight is 198 g/mol. The van der Waals surface area contributed by atoms with Crippen LogP contribution in [0.4, 0.5) is 0 Å². The molecule has 0 radical (unpaired) electrons. The van der Waals surface area contributed by atoms with Gasteiger partial charge in [-0.1, -0.05) is 20.3 Å². The zero-order valence-electron chi connectivity index (χ0n) is 9.33. The average Bonchev–Trinajstić information content (AvgIpc) is 2.68. The second-order valence-corrected chi connectivity index (χ2v) is 4.89. The van der Waals surface area contributed by atoms with Gasteiger partial charge in [0.25, 0.3) is 0 Å². The normalized spacial score (nSPS) is 46.9. The second-order valence-electron chi connectivity index (χ2n) is 4.89. The van der Waals surface area contributed by atoms with E-state index in [4.69, 9.17) is 4.74 Å². The van der Waals surface area contributed by atoms with Crippen LogP contribution in [-0.2, 0) is 4.74 Å². The summed E-state index contributed by atoms with van der Waals surface area (Å²) in [5.74, 6) is 0.984. The lowest BCUT2D eigenvalue weighted by Gasteiger charge is -2.23. The van der Waals surface area contributed by atoms with Gasteiger partial charge in [0.15, 0.2) is 0 Å². The molecule has 82 valence electrons. The Morgan fingerprint density at radius 2 is 2.21 bits per heavy atom. The minimum absolute atomic E-state index is 0.321. The fourth-order valence-corrected chi connectivity index (χ4v) is 3.11. The molecule has 1 saturated carbocycles. The summed E-state index contributed by atoms with van der Waals surface area (Å²) in [6, 6.07) is 0. The Balaban J connectivity index is 1.95. The minimum Gasteiger partial charge on any atom is -0.389 e. The van der Waals surface area contributed by atoms with Crippen LogP contribution in [0.2, 0.25) is 0 Å². The van der Waals surface area contributed by atoms with E-state index in [1.807, 2.05) is 0 Å². The molecule has 4 unspecified atom stereocenters. The summed E-state index contributed by atoms with van der Waals surface area (Å²) < 4.78 is 5.65. The first-order valence-corrected chi connectivity index (χ1v) is 6.06. The molecule has 0 spiro atoms. The number of hydrogen-bond acceptors (Lipinski definition) is 2. The van der Waals surface area contributed by atoms with Gasteiger partial charge >= 0.3 is 0 Å². The summed E-state index contributed by atoms with van der Waals surface area (Å²) in [7, 11) is 0. The smallest absolute Gasteiger partial charge is 0.0734 e. The molecular formula is C12H22O2. The van der Waals surface area contributed by atoms with Crippen molar-refractivity contribution in [3.05, 3.63) is 0 Å². The standard InChI is InChI=1S/C12H22O2/c1-3-5-9-8-12(9,13)10-6-7-14-11(10)4-2/h9-11,13H,3-8H2,1-2H3. The van der Waals surface area contributed by atoms with Gasteiger partial charge in [0, 0.05) is 12.5 Å². The third-order valence-electron chi connectivity index (χ3n) is 4.01. The largest absolute Gasteiger partial charge is 0.389 e. The van der Waals surface area contributed by atoms with Crippen molar-refractivity contribution < 1.29 is 9.84 Å². The molecule has 4 atom stereocenters. The Kier molecular flexibility index (Phi) is 2.85. The van der Waals surface area contributed by atoms with Gasteiger partial charge in [0.05, 0.1) is 11.7 Å². The van der Waals surface area contributed by atoms with Gasteiger partial charge in [-0.25, -0.2) is 0 Å². The van der Waals surface area contributed by atoms with Gasteiger partial charge in [0.2, 0.25) is 0 Å². The molecule has 2 heteroatoms. The molecule has 14 heavy (non-hydrogen) atoms. The fraction of sp³-hybridized carbons (Fsp3) is 1.00. The van der Waals surface area contributed by atoms with Gasteiger partial charge < -0.3 is 9.84 Å². The van der Waals surface area contributed by atoms with Crippen LogP contribution in [0.25, 0.3) is 0 Å². The van der Waals surface area contributed by atoms with Crippen LogP contribution in [0, 0.1) is 11.8 Å². The summed E-state index contributed by atoms with van der Waals surface area (Å²) in [6.07, 6.45) is 5.83. The van der Waals surface area contributed by atoms with Crippen LogP contribution in [0.3, 0.4) is 0 Å². The maximum atomic E-state index is 10.4. The highest BCUT2D eigenvalue weighted by atomic mass is 16.5. The molecule has 2 nitrogen and oxygen atoms in total. The first-order valence-electron chi connectivity index (χ1n) is 6.06. The first-order chi connectivity index (χ1) is 6.72. The van der Waals surface area contributed by atoms with Crippen molar-refractivity contribution in [1.82, 2.24) is 0 Å². The highest BCUT2D eigenvalue weighted by Crippen LogP contribution is 2.55. The van der Waals surface area contributed by atoms with E-state index in [0.29, 0.717) is 17.9 Å². The Labute approximate surface area is 86.6 Å². The molecule has 0 aromatic heterocycles. The fourth-order valence-electron chi connectivity index (χ4n) is 3.11. The van der Waals surface area contributed by atoms with Crippen molar-refractivity contribution in [2.75, 3.05) is 6.61 Å². The Morgan fingerprint density at radius 3 is 2.86 bits per heavy atom. The lowest BCUT2D eigenvalue weighted by atomic mass is 9.89. The van der Waals surface area contributed by atoms with Crippen molar-refractivity contribution in [2.24, 2.45) is 11.8 Å². The Hall–Kier alpha value is -0.0800. The van der Waals surface area contributed by atoms with E-state index in [2.05, 4.69) is 13.8 Å². The van der Waals surface area contributed by atoms with Crippen LogP contribution >= 0.6 is 0 Å². The molecule has 0 aromatic rings. The molecule has 1 heterocycles. The van der Waals surface area contributed by atoms with Crippen molar-refractivity contribution in [3.63, 3.8) is 0 Å². The molecule has 0 aromatic carbocycles. The van der Waals surface area contributed by atoms with Crippen LogP contribution in [0.15, 0.2) is 0 Å². The minimum atomic E-state index is -0.354. The summed E-state index contributed by atoms with van der Waals surface area (Å²) in [5, 5.41) is 10.4. The quantitative estimate of drug-likeness (QED) is 0.751. The van der Waals surface area contributed by atoms with Gasteiger partial charge in [-0.2, -0.15) is 0 Å². The molecule has 2 aliphatic rings. The van der Waals surface area contributed by atoms with E-state index < -0.39 is 0 Å². The third-order valence-corrected chi connectivity index (χ3v) is 4.01. The van der Waals surface area contributed by atoms with Crippen LogP contribution < -0.4 is 0 Å². The Morgan fingerprint density at radius 1 is 1.43 bits per heavy atom. The summed E-state index contributed by atoms with van der Waals surface area (Å²) in [4.78, 5) is 0. The monoisotopic (exact) mass is 198 g/mol. The maximum Gasteiger partial charge on any atom is 0.0734 e. The van der Waals surface area contributed by atoms with Gasteiger partial charge in [0.1, 0.15) is 0 Å². The molecule has 1 N–H and O–H groups in total. The third kappa shape index (κ3) is 1.59. The van der Waals surface area contributed by atoms with E-state index >= 15 is 0 Å². The predicted octanol–water partition coefficient (Wildman–Crippen LogP) is 2.35. The van der Waals surface area contributed by atoms with Gasteiger partial charge in [-0.3, -0.25) is 0 Å². The number of aliphatic hydroxyl groups is 1. The van der Waals surface area contributed by atoms with E-state index in [1.54, 1.807) is 0 Å². The number of ether oxygens (including phenoxy) is 1. The lowest BCUT2D eigenvalue weighted by molar-refractivity contribution is 0.00705. The van der Waals surface area contributed by atoms with Crippen LogP contribution in [0.1, 0.15) is 46.0 Å². The molecule has 0 bridgehead atoms. The van der Waals surface area contributed by atoms with E-state index in [9.17, 15) is 5.11 Å². The van der Waals surface area contributed by atoms with Crippen molar-refractivity contribution in [3.8, 4) is 0 Å². The van der Waals surface area contributed by atoms with Gasteiger partial charge in [-0.05, 0) is 31.6 Å². The number of hydrogen-bond donors (Lipinski definition) is 1. The van der Waals surface area contributed by atoms with Crippen LogP contribution in [0.5, 0.6) is 0 Å². The maximum absolute atomic E-state index is 10.4. The zero-order valence-corrected chi connectivity index (χ0v) is 9.33. The van der Waals surface area contributed by atoms with Crippen molar-refractivity contribution in [2.45, 2.75) is 57.7 Å².